The van der Waals surface area contributed by atoms with E-state index in [1.807, 2.05) is 0 Å². The summed E-state index contributed by atoms with van der Waals surface area (Å²) in [5.41, 5.74) is 3.46. The van der Waals surface area contributed by atoms with Crippen LogP contribution in [0.1, 0.15) is 57.8 Å². The van der Waals surface area contributed by atoms with Crippen LogP contribution in [0, 0.1) is 23.7 Å². The highest BCUT2D eigenvalue weighted by Gasteiger charge is 2.44. The lowest BCUT2D eigenvalue weighted by molar-refractivity contribution is -0.126. The van der Waals surface area contributed by atoms with Crippen molar-refractivity contribution in [3.05, 3.63) is 0 Å². The van der Waals surface area contributed by atoms with Gasteiger partial charge in [-0.3, -0.25) is 10.2 Å². The van der Waals surface area contributed by atoms with E-state index in [0.717, 1.165) is 45.3 Å². The second kappa shape index (κ2) is 9.20. The maximum Gasteiger partial charge on any atom is 0.226 e. The molecule has 4 aliphatic rings. The number of amides is 1. The summed E-state index contributed by atoms with van der Waals surface area (Å²) < 4.78 is 25.2. The summed E-state index contributed by atoms with van der Waals surface area (Å²) >= 11 is 0. The van der Waals surface area contributed by atoms with Crippen molar-refractivity contribution in [3.63, 3.8) is 0 Å². The summed E-state index contributed by atoms with van der Waals surface area (Å²) in [6.07, 6.45) is 11.9. The minimum Gasteiger partial charge on any atom is -0.355 e. The molecule has 0 aromatic heterocycles. The molecule has 7 nitrogen and oxygen atoms in total. The fourth-order valence-corrected chi connectivity index (χ4v) is 6.97. The summed E-state index contributed by atoms with van der Waals surface area (Å²) in [6.45, 7) is 3.89. The predicted molar refractivity (Wildman–Crippen MR) is 113 cm³/mol. The Hall–Kier alpha value is -0.700. The van der Waals surface area contributed by atoms with E-state index in [-0.39, 0.29) is 17.9 Å². The van der Waals surface area contributed by atoms with Gasteiger partial charge < -0.3 is 5.32 Å². The van der Waals surface area contributed by atoms with E-state index in [1.54, 1.807) is 4.31 Å². The average Bonchev–Trinajstić information content (AvgIpc) is 3.15. The van der Waals surface area contributed by atoms with Crippen molar-refractivity contribution in [1.82, 2.24) is 20.1 Å². The Balaban J connectivity index is 1.29. The number of hydrazine groups is 1. The lowest BCUT2D eigenvalue weighted by Crippen LogP contribution is -2.49. The van der Waals surface area contributed by atoms with E-state index in [2.05, 4.69) is 15.8 Å². The molecule has 2 N–H and O–H groups in total. The summed E-state index contributed by atoms with van der Waals surface area (Å²) in [6, 6.07) is 0.285. The standard InChI is InChI=1S/C21H38N4O3S/c1-29(27,28)24-10-7-17(8-11-24)18-9-12-25-20(13-18)19(15-23-25)21(26)22-14-16-5-3-2-4-6-16/h16-20,23H,2-15H2,1H3,(H,22,26). The molecular formula is C21H38N4O3S. The molecular weight excluding hydrogens is 388 g/mol. The highest BCUT2D eigenvalue weighted by molar-refractivity contribution is 7.88. The lowest BCUT2D eigenvalue weighted by atomic mass is 9.75. The molecule has 3 atom stereocenters. The Bertz CT molecular complexity index is 671. The van der Waals surface area contributed by atoms with E-state index < -0.39 is 10.0 Å². The van der Waals surface area contributed by atoms with Gasteiger partial charge in [0.1, 0.15) is 0 Å². The third kappa shape index (κ3) is 5.14. The molecule has 0 bridgehead atoms. The minimum atomic E-state index is -3.07. The molecule has 0 spiro atoms. The number of piperidine rings is 2. The molecule has 4 fully saturated rings. The first-order valence-electron chi connectivity index (χ1n) is 11.6. The van der Waals surface area contributed by atoms with E-state index in [4.69, 9.17) is 0 Å². The molecule has 3 heterocycles. The van der Waals surface area contributed by atoms with E-state index in [1.165, 1.54) is 38.4 Å². The number of nitrogens with zero attached hydrogens (tertiary/aromatic N) is 2. The monoisotopic (exact) mass is 426 g/mol. The number of carbonyl (C=O) groups excluding carboxylic acids is 1. The summed E-state index contributed by atoms with van der Waals surface area (Å²) in [5.74, 6) is 2.12. The van der Waals surface area contributed by atoms with Gasteiger partial charge in [0, 0.05) is 38.8 Å². The van der Waals surface area contributed by atoms with Gasteiger partial charge in [0.05, 0.1) is 12.2 Å². The molecule has 1 aliphatic carbocycles. The van der Waals surface area contributed by atoms with Crippen LogP contribution in [0.15, 0.2) is 0 Å². The zero-order chi connectivity index (χ0) is 20.4. The number of rotatable bonds is 5. The first-order valence-corrected chi connectivity index (χ1v) is 13.5. The Labute approximate surface area is 176 Å². The highest BCUT2D eigenvalue weighted by Crippen LogP contribution is 2.38. The highest BCUT2D eigenvalue weighted by atomic mass is 32.2. The molecule has 0 radical (unpaired) electrons. The fourth-order valence-electron chi connectivity index (χ4n) is 6.10. The average molecular weight is 427 g/mol. The summed E-state index contributed by atoms with van der Waals surface area (Å²) in [4.78, 5) is 12.9. The minimum absolute atomic E-state index is 0.0394. The summed E-state index contributed by atoms with van der Waals surface area (Å²) in [5, 5.41) is 5.56. The number of nitrogens with one attached hydrogen (secondary N) is 2. The van der Waals surface area contributed by atoms with E-state index >= 15 is 0 Å². The molecule has 3 aliphatic heterocycles. The Morgan fingerprint density at radius 1 is 1.00 bits per heavy atom. The lowest BCUT2D eigenvalue weighted by Gasteiger charge is -2.42. The van der Waals surface area contributed by atoms with Gasteiger partial charge in [0.2, 0.25) is 15.9 Å². The Morgan fingerprint density at radius 3 is 2.38 bits per heavy atom. The summed E-state index contributed by atoms with van der Waals surface area (Å²) in [7, 11) is -3.07. The maximum atomic E-state index is 12.9. The van der Waals surface area contributed by atoms with Gasteiger partial charge in [-0.2, -0.15) is 0 Å². The molecule has 4 rings (SSSR count). The van der Waals surface area contributed by atoms with Crippen molar-refractivity contribution in [3.8, 4) is 0 Å². The number of hydrogen-bond donors (Lipinski definition) is 2. The Morgan fingerprint density at radius 2 is 1.69 bits per heavy atom. The third-order valence-electron chi connectivity index (χ3n) is 7.92. The quantitative estimate of drug-likeness (QED) is 0.697. The van der Waals surface area contributed by atoms with Gasteiger partial charge in [0.15, 0.2) is 0 Å². The fraction of sp³-hybridized carbons (Fsp3) is 0.952. The van der Waals surface area contributed by atoms with Crippen molar-refractivity contribution in [2.75, 3.05) is 39.0 Å². The molecule has 3 unspecified atom stereocenters. The van der Waals surface area contributed by atoms with Crippen LogP contribution < -0.4 is 10.7 Å². The number of sulfonamides is 1. The van der Waals surface area contributed by atoms with Crippen LogP contribution in [0.5, 0.6) is 0 Å². The van der Waals surface area contributed by atoms with Crippen molar-refractivity contribution >= 4 is 15.9 Å². The molecule has 29 heavy (non-hydrogen) atoms. The first-order chi connectivity index (χ1) is 13.9. The van der Waals surface area contributed by atoms with Crippen molar-refractivity contribution in [1.29, 1.82) is 0 Å². The van der Waals surface area contributed by atoms with Crippen LogP contribution in [0.25, 0.3) is 0 Å². The normalized spacial score (nSPS) is 33.5. The van der Waals surface area contributed by atoms with Gasteiger partial charge in [0.25, 0.3) is 0 Å². The van der Waals surface area contributed by atoms with Crippen LogP contribution in [0.2, 0.25) is 0 Å². The molecule has 1 amide bonds. The van der Waals surface area contributed by atoms with Crippen LogP contribution in [-0.4, -0.2) is 68.7 Å². The van der Waals surface area contributed by atoms with Crippen LogP contribution >= 0.6 is 0 Å². The molecule has 166 valence electrons. The van der Waals surface area contributed by atoms with Crippen molar-refractivity contribution in [2.45, 2.75) is 63.8 Å². The predicted octanol–water partition coefficient (Wildman–Crippen LogP) is 1.57. The molecule has 0 aromatic carbocycles. The van der Waals surface area contributed by atoms with Crippen molar-refractivity contribution < 1.29 is 13.2 Å². The van der Waals surface area contributed by atoms with Gasteiger partial charge in [-0.1, -0.05) is 19.3 Å². The molecule has 1 saturated carbocycles. The number of carbonyl (C=O) groups is 1. The zero-order valence-corrected chi connectivity index (χ0v) is 18.6. The third-order valence-corrected chi connectivity index (χ3v) is 9.23. The maximum absolute atomic E-state index is 12.9. The smallest absolute Gasteiger partial charge is 0.226 e. The first kappa shape index (κ1) is 21.5. The van der Waals surface area contributed by atoms with Gasteiger partial charge in [-0.05, 0) is 56.3 Å². The van der Waals surface area contributed by atoms with Gasteiger partial charge in [-0.25, -0.2) is 17.7 Å². The van der Waals surface area contributed by atoms with Crippen LogP contribution in [-0.2, 0) is 14.8 Å². The second-order valence-corrected chi connectivity index (χ2v) is 11.7. The second-order valence-electron chi connectivity index (χ2n) is 9.76. The Kier molecular flexibility index (Phi) is 6.83. The molecule has 0 aromatic rings. The molecule has 3 saturated heterocycles. The van der Waals surface area contributed by atoms with Gasteiger partial charge >= 0.3 is 0 Å². The zero-order valence-electron chi connectivity index (χ0n) is 17.8. The van der Waals surface area contributed by atoms with E-state index in [0.29, 0.717) is 30.8 Å². The SMILES string of the molecule is CS(=O)(=O)N1CCC(C2CCN3NCC(C(=O)NCC4CCCCC4)C3C2)CC1. The van der Waals surface area contributed by atoms with Gasteiger partial charge in [-0.15, -0.1) is 0 Å². The van der Waals surface area contributed by atoms with Crippen molar-refractivity contribution in [2.24, 2.45) is 23.7 Å². The topological polar surface area (TPSA) is 81.8 Å². The van der Waals surface area contributed by atoms with E-state index in [9.17, 15) is 13.2 Å². The number of hydrogen-bond acceptors (Lipinski definition) is 5. The largest absolute Gasteiger partial charge is 0.355 e. The van der Waals surface area contributed by atoms with Crippen LogP contribution in [0.4, 0.5) is 0 Å². The number of fused-ring (bicyclic) bond motifs is 1. The molecule has 8 heteroatoms. The van der Waals surface area contributed by atoms with Crippen LogP contribution in [0.3, 0.4) is 0 Å².